The highest BCUT2D eigenvalue weighted by atomic mass is 15.2. The fourth-order valence-corrected chi connectivity index (χ4v) is 2.79. The topological polar surface area (TPSA) is 6.48 Å². The molecule has 2 rings (SSSR count). The van der Waals surface area contributed by atoms with E-state index >= 15 is 0 Å². The van der Waals surface area contributed by atoms with E-state index in [2.05, 4.69) is 23.8 Å². The van der Waals surface area contributed by atoms with Gasteiger partial charge in [0.1, 0.15) is 0 Å². The predicted octanol–water partition coefficient (Wildman–Crippen LogP) is 1.67. The van der Waals surface area contributed by atoms with Gasteiger partial charge in [-0.05, 0) is 57.8 Å². The van der Waals surface area contributed by atoms with Crippen molar-refractivity contribution in [1.29, 1.82) is 0 Å². The molecule has 0 unspecified atom stereocenters. The number of rotatable bonds is 2. The number of nitrogens with zero attached hydrogens (tertiary/aromatic N) is 2. The van der Waals surface area contributed by atoms with Crippen LogP contribution >= 0.6 is 0 Å². The molecular weight excluding hydrogens is 172 g/mol. The number of hydrogen-bond acceptors (Lipinski definition) is 2. The summed E-state index contributed by atoms with van der Waals surface area (Å²) in [5, 5.41) is 0. The Morgan fingerprint density at radius 2 is 1.79 bits per heavy atom. The van der Waals surface area contributed by atoms with Crippen molar-refractivity contribution in [1.82, 2.24) is 9.80 Å². The van der Waals surface area contributed by atoms with Gasteiger partial charge in [0.25, 0.3) is 0 Å². The van der Waals surface area contributed by atoms with E-state index in [1.54, 1.807) is 0 Å². The maximum absolute atomic E-state index is 2.68. The van der Waals surface area contributed by atoms with Crippen LogP contribution in [0.15, 0.2) is 0 Å². The van der Waals surface area contributed by atoms with E-state index in [-0.39, 0.29) is 0 Å². The zero-order valence-electron chi connectivity index (χ0n) is 9.71. The van der Waals surface area contributed by atoms with Gasteiger partial charge in [-0.2, -0.15) is 0 Å². The third-order valence-corrected chi connectivity index (χ3v) is 3.88. The summed E-state index contributed by atoms with van der Waals surface area (Å²) in [5.74, 6) is 1.92. The van der Waals surface area contributed by atoms with Crippen LogP contribution in [-0.2, 0) is 0 Å². The lowest BCUT2D eigenvalue weighted by Crippen LogP contribution is -2.37. The summed E-state index contributed by atoms with van der Waals surface area (Å²) in [7, 11) is 2.25. The first-order chi connectivity index (χ1) is 6.74. The van der Waals surface area contributed by atoms with E-state index in [0.717, 1.165) is 11.8 Å². The lowest BCUT2D eigenvalue weighted by atomic mass is 9.98. The average Bonchev–Trinajstić information content (AvgIpc) is 2.56. The quantitative estimate of drug-likeness (QED) is 0.663. The third-order valence-electron chi connectivity index (χ3n) is 3.88. The van der Waals surface area contributed by atoms with Crippen molar-refractivity contribution in [3.63, 3.8) is 0 Å². The minimum Gasteiger partial charge on any atom is -0.306 e. The highest BCUT2D eigenvalue weighted by Gasteiger charge is 2.23. The molecule has 2 aliphatic heterocycles. The van der Waals surface area contributed by atoms with Gasteiger partial charge in [-0.1, -0.05) is 6.92 Å². The van der Waals surface area contributed by atoms with Crippen LogP contribution in [0.2, 0.25) is 0 Å². The van der Waals surface area contributed by atoms with Crippen molar-refractivity contribution in [2.45, 2.75) is 26.2 Å². The molecule has 2 fully saturated rings. The summed E-state index contributed by atoms with van der Waals surface area (Å²) in [6.45, 7) is 9.08. The van der Waals surface area contributed by atoms with E-state index in [1.807, 2.05) is 0 Å². The lowest BCUT2D eigenvalue weighted by Gasteiger charge is -2.32. The zero-order chi connectivity index (χ0) is 9.97. The summed E-state index contributed by atoms with van der Waals surface area (Å²) in [5.41, 5.74) is 0. The fraction of sp³-hybridized carbons (Fsp3) is 1.00. The minimum absolute atomic E-state index is 0.952. The van der Waals surface area contributed by atoms with Crippen molar-refractivity contribution in [3.05, 3.63) is 0 Å². The molecule has 2 saturated heterocycles. The highest BCUT2D eigenvalue weighted by Crippen LogP contribution is 2.20. The van der Waals surface area contributed by atoms with Gasteiger partial charge in [0.15, 0.2) is 0 Å². The molecule has 82 valence electrons. The molecule has 2 nitrogen and oxygen atoms in total. The molecule has 0 aromatic rings. The van der Waals surface area contributed by atoms with Crippen molar-refractivity contribution < 1.29 is 0 Å². The van der Waals surface area contributed by atoms with Crippen LogP contribution < -0.4 is 0 Å². The summed E-state index contributed by atoms with van der Waals surface area (Å²) in [6.07, 6.45) is 4.26. The Labute approximate surface area is 88.3 Å². The van der Waals surface area contributed by atoms with Crippen LogP contribution in [-0.4, -0.2) is 49.6 Å². The standard InChI is InChI=1S/C12H24N2/c1-11-3-7-14(8-4-11)10-12-5-6-13(2)9-12/h11-12H,3-10H2,1-2H3/t12-/m1/s1. The molecule has 0 N–H and O–H groups in total. The van der Waals surface area contributed by atoms with Crippen LogP contribution in [0, 0.1) is 11.8 Å². The van der Waals surface area contributed by atoms with E-state index in [9.17, 15) is 0 Å². The van der Waals surface area contributed by atoms with Gasteiger partial charge >= 0.3 is 0 Å². The van der Waals surface area contributed by atoms with Gasteiger partial charge in [-0.3, -0.25) is 0 Å². The smallest absolute Gasteiger partial charge is 0.00224 e. The molecule has 1 atom stereocenters. The first-order valence-electron chi connectivity index (χ1n) is 6.15. The second-order valence-corrected chi connectivity index (χ2v) is 5.40. The van der Waals surface area contributed by atoms with Gasteiger partial charge in [0.05, 0.1) is 0 Å². The fourth-order valence-electron chi connectivity index (χ4n) is 2.79. The average molecular weight is 196 g/mol. The minimum atomic E-state index is 0.952. The van der Waals surface area contributed by atoms with E-state index < -0.39 is 0 Å². The molecule has 2 heterocycles. The Hall–Kier alpha value is -0.0800. The number of likely N-dealkylation sites (tertiary alicyclic amines) is 2. The molecule has 0 aromatic heterocycles. The Kier molecular flexibility index (Phi) is 3.45. The molecule has 0 aromatic carbocycles. The molecule has 14 heavy (non-hydrogen) atoms. The first kappa shape index (κ1) is 10.4. The van der Waals surface area contributed by atoms with Gasteiger partial charge in [-0.25, -0.2) is 0 Å². The van der Waals surface area contributed by atoms with Gasteiger partial charge in [0.2, 0.25) is 0 Å². The van der Waals surface area contributed by atoms with Gasteiger partial charge < -0.3 is 9.80 Å². The first-order valence-corrected chi connectivity index (χ1v) is 6.15. The largest absolute Gasteiger partial charge is 0.306 e. The highest BCUT2D eigenvalue weighted by molar-refractivity contribution is 4.78. The third kappa shape index (κ3) is 2.71. The molecule has 0 bridgehead atoms. The normalized spacial score (nSPS) is 32.6. The van der Waals surface area contributed by atoms with Crippen molar-refractivity contribution in [2.24, 2.45) is 11.8 Å². The second kappa shape index (κ2) is 4.63. The van der Waals surface area contributed by atoms with Crippen molar-refractivity contribution >= 4 is 0 Å². The second-order valence-electron chi connectivity index (χ2n) is 5.40. The summed E-state index contributed by atoms with van der Waals surface area (Å²) < 4.78 is 0. The van der Waals surface area contributed by atoms with Crippen molar-refractivity contribution in [2.75, 3.05) is 39.8 Å². The molecule has 0 saturated carbocycles. The number of piperidine rings is 1. The molecule has 0 aliphatic carbocycles. The van der Waals surface area contributed by atoms with E-state index in [4.69, 9.17) is 0 Å². The molecule has 0 radical (unpaired) electrons. The monoisotopic (exact) mass is 196 g/mol. The van der Waals surface area contributed by atoms with Crippen LogP contribution in [0.5, 0.6) is 0 Å². The van der Waals surface area contributed by atoms with Crippen LogP contribution in [0.1, 0.15) is 26.2 Å². The molecule has 0 spiro atoms. The van der Waals surface area contributed by atoms with Crippen molar-refractivity contribution in [3.8, 4) is 0 Å². The molecular formula is C12H24N2. The SMILES string of the molecule is CC1CCN(C[C@@H]2CCN(C)C2)CC1. The van der Waals surface area contributed by atoms with Gasteiger partial charge in [0, 0.05) is 13.1 Å². The maximum Gasteiger partial charge on any atom is 0.00224 e. The number of hydrogen-bond donors (Lipinski definition) is 0. The maximum atomic E-state index is 2.68. The molecule has 0 amide bonds. The summed E-state index contributed by atoms with van der Waals surface area (Å²) in [6, 6.07) is 0. The molecule has 2 heteroatoms. The Balaban J connectivity index is 1.70. The van der Waals surface area contributed by atoms with Crippen LogP contribution in [0.25, 0.3) is 0 Å². The Morgan fingerprint density at radius 1 is 1.07 bits per heavy atom. The van der Waals surface area contributed by atoms with E-state index in [0.29, 0.717) is 0 Å². The van der Waals surface area contributed by atoms with Crippen LogP contribution in [0.3, 0.4) is 0 Å². The zero-order valence-corrected chi connectivity index (χ0v) is 9.71. The molecule has 2 aliphatic rings. The predicted molar refractivity (Wildman–Crippen MR) is 60.4 cm³/mol. The van der Waals surface area contributed by atoms with Gasteiger partial charge in [-0.15, -0.1) is 0 Å². The van der Waals surface area contributed by atoms with E-state index in [1.165, 1.54) is 52.0 Å². The summed E-state index contributed by atoms with van der Waals surface area (Å²) >= 11 is 0. The lowest BCUT2D eigenvalue weighted by molar-refractivity contribution is 0.168. The Bertz CT molecular complexity index is 173. The van der Waals surface area contributed by atoms with Crippen LogP contribution in [0.4, 0.5) is 0 Å². The summed E-state index contributed by atoms with van der Waals surface area (Å²) in [4.78, 5) is 5.15. The Morgan fingerprint density at radius 3 is 2.36 bits per heavy atom.